The van der Waals surface area contributed by atoms with Crippen molar-refractivity contribution >= 4 is 21.7 Å². The Morgan fingerprint density at radius 3 is 2.68 bits per heavy atom. The second-order valence-electron chi connectivity index (χ2n) is 5.07. The van der Waals surface area contributed by atoms with Gasteiger partial charge in [0.25, 0.3) is 0 Å². The molecule has 2 aromatic rings. The van der Waals surface area contributed by atoms with Gasteiger partial charge in [0.1, 0.15) is 11.9 Å². The third-order valence-electron chi connectivity index (χ3n) is 3.53. The van der Waals surface area contributed by atoms with Crippen molar-refractivity contribution in [2.24, 2.45) is 0 Å². The van der Waals surface area contributed by atoms with Crippen molar-refractivity contribution in [2.45, 2.75) is 18.9 Å². The van der Waals surface area contributed by atoms with E-state index in [0.29, 0.717) is 11.8 Å². The molecule has 0 amide bonds. The smallest absolute Gasteiger partial charge is 0.316 e. The Morgan fingerprint density at radius 1 is 1.18 bits per heavy atom. The second-order valence-corrected chi connectivity index (χ2v) is 5.98. The number of halogens is 1. The van der Waals surface area contributed by atoms with Gasteiger partial charge in [0.15, 0.2) is 5.75 Å². The van der Waals surface area contributed by atoms with Gasteiger partial charge >= 0.3 is 6.01 Å². The third kappa shape index (κ3) is 3.65. The van der Waals surface area contributed by atoms with E-state index in [0.717, 1.165) is 36.2 Å². The minimum absolute atomic E-state index is 0.0626. The molecule has 0 saturated carbocycles. The van der Waals surface area contributed by atoms with Crippen LogP contribution in [-0.2, 0) is 0 Å². The highest BCUT2D eigenvalue weighted by Gasteiger charge is 2.23. The molecule has 7 heteroatoms. The number of anilines is 1. The van der Waals surface area contributed by atoms with Gasteiger partial charge in [0.2, 0.25) is 0 Å². The molecule has 0 spiro atoms. The van der Waals surface area contributed by atoms with Gasteiger partial charge in [-0.2, -0.15) is 9.97 Å². The summed E-state index contributed by atoms with van der Waals surface area (Å²) in [6, 6.07) is 4.40. The van der Waals surface area contributed by atoms with Crippen molar-refractivity contribution in [3.05, 3.63) is 35.2 Å². The topological polar surface area (TPSA) is 60.4 Å². The van der Waals surface area contributed by atoms with Gasteiger partial charge in [-0.25, -0.2) is 4.98 Å². The lowest BCUT2D eigenvalue weighted by molar-refractivity contribution is 0.163. The Balaban J connectivity index is 1.63. The fourth-order valence-electron chi connectivity index (χ4n) is 2.42. The number of methoxy groups -OCH3 is 1. The predicted octanol–water partition coefficient (Wildman–Crippen LogP) is 2.69. The zero-order valence-corrected chi connectivity index (χ0v) is 13.9. The van der Waals surface area contributed by atoms with E-state index < -0.39 is 0 Å². The van der Waals surface area contributed by atoms with Crippen LogP contribution < -0.4 is 14.4 Å². The average Bonchev–Trinajstić information content (AvgIpc) is 2.56. The molecule has 3 rings (SSSR count). The van der Waals surface area contributed by atoms with Crippen molar-refractivity contribution in [3.63, 3.8) is 0 Å². The molecule has 1 unspecified atom stereocenters. The number of pyridine rings is 1. The van der Waals surface area contributed by atoms with Crippen LogP contribution in [0, 0.1) is 0 Å². The van der Waals surface area contributed by atoms with Crippen molar-refractivity contribution in [1.29, 1.82) is 0 Å². The monoisotopic (exact) mass is 364 g/mol. The maximum absolute atomic E-state index is 5.87. The summed E-state index contributed by atoms with van der Waals surface area (Å²) in [6.45, 7) is 1.77. The lowest BCUT2D eigenvalue weighted by Crippen LogP contribution is -2.41. The van der Waals surface area contributed by atoms with E-state index >= 15 is 0 Å². The first-order chi connectivity index (χ1) is 10.7. The minimum Gasteiger partial charge on any atom is -0.494 e. The molecular weight excluding hydrogens is 348 g/mol. The molecule has 6 nitrogen and oxygen atoms in total. The molecule has 22 heavy (non-hydrogen) atoms. The lowest BCUT2D eigenvalue weighted by atomic mass is 10.1. The summed E-state index contributed by atoms with van der Waals surface area (Å²) in [4.78, 5) is 15.0. The summed E-state index contributed by atoms with van der Waals surface area (Å²) < 4.78 is 11.9. The van der Waals surface area contributed by atoms with Crippen LogP contribution in [0.15, 0.2) is 35.2 Å². The van der Waals surface area contributed by atoms with Crippen molar-refractivity contribution in [2.75, 3.05) is 25.1 Å². The first-order valence-corrected chi connectivity index (χ1v) is 7.93. The van der Waals surface area contributed by atoms with Gasteiger partial charge in [-0.3, -0.25) is 0 Å². The predicted molar refractivity (Wildman–Crippen MR) is 86.4 cm³/mol. The van der Waals surface area contributed by atoms with Gasteiger partial charge in [0, 0.05) is 17.2 Å². The quantitative estimate of drug-likeness (QED) is 0.830. The number of piperidine rings is 1. The van der Waals surface area contributed by atoms with Gasteiger partial charge < -0.3 is 14.4 Å². The van der Waals surface area contributed by atoms with Gasteiger partial charge in [0.05, 0.1) is 26.0 Å². The van der Waals surface area contributed by atoms with Crippen molar-refractivity contribution < 1.29 is 9.47 Å². The summed E-state index contributed by atoms with van der Waals surface area (Å²) in [6.07, 6.45) is 7.14. The molecule has 0 N–H and O–H groups in total. The number of hydrogen-bond acceptors (Lipinski definition) is 6. The summed E-state index contributed by atoms with van der Waals surface area (Å²) in [7, 11) is 1.59. The Labute approximate surface area is 137 Å². The molecule has 0 radical (unpaired) electrons. The second kappa shape index (κ2) is 6.91. The van der Waals surface area contributed by atoms with Crippen LogP contribution in [0.3, 0.4) is 0 Å². The summed E-state index contributed by atoms with van der Waals surface area (Å²) in [5.41, 5.74) is 0. The van der Waals surface area contributed by atoms with E-state index in [9.17, 15) is 0 Å². The number of aromatic nitrogens is 3. The number of hydrogen-bond donors (Lipinski definition) is 0. The normalized spacial score (nSPS) is 18.1. The van der Waals surface area contributed by atoms with Gasteiger partial charge in [-0.15, -0.1) is 0 Å². The third-order valence-corrected chi connectivity index (χ3v) is 4.00. The summed E-state index contributed by atoms with van der Waals surface area (Å²) in [5.74, 6) is 1.59. The maximum atomic E-state index is 5.87. The van der Waals surface area contributed by atoms with Crippen LogP contribution in [0.2, 0.25) is 0 Å². The fourth-order valence-corrected chi connectivity index (χ4v) is 2.65. The molecule has 1 atom stereocenters. The first-order valence-electron chi connectivity index (χ1n) is 7.14. The van der Waals surface area contributed by atoms with Crippen LogP contribution in [-0.4, -0.2) is 41.3 Å². The summed E-state index contributed by atoms with van der Waals surface area (Å²) in [5, 5.41) is 0. The molecule has 116 valence electrons. The van der Waals surface area contributed by atoms with Crippen LogP contribution in [0.25, 0.3) is 0 Å². The molecular formula is C15H17BrN4O2. The van der Waals surface area contributed by atoms with Crippen LogP contribution in [0.1, 0.15) is 12.8 Å². The first kappa shape index (κ1) is 15.0. The van der Waals surface area contributed by atoms with Crippen molar-refractivity contribution in [3.8, 4) is 11.8 Å². The van der Waals surface area contributed by atoms with E-state index in [-0.39, 0.29) is 6.10 Å². The van der Waals surface area contributed by atoms with Crippen LogP contribution >= 0.6 is 15.9 Å². The van der Waals surface area contributed by atoms with E-state index in [1.54, 1.807) is 19.5 Å². The average molecular weight is 365 g/mol. The summed E-state index contributed by atoms with van der Waals surface area (Å²) >= 11 is 3.40. The molecule has 1 saturated heterocycles. The van der Waals surface area contributed by atoms with Gasteiger partial charge in [-0.1, -0.05) is 0 Å². The lowest BCUT2D eigenvalue weighted by Gasteiger charge is -2.33. The zero-order chi connectivity index (χ0) is 15.4. The van der Waals surface area contributed by atoms with Crippen LogP contribution in [0.5, 0.6) is 11.8 Å². The highest BCUT2D eigenvalue weighted by Crippen LogP contribution is 2.21. The van der Waals surface area contributed by atoms with Crippen molar-refractivity contribution in [1.82, 2.24) is 15.0 Å². The number of ether oxygens (including phenoxy) is 2. The minimum atomic E-state index is 0.0626. The number of nitrogens with zero attached hydrogens (tertiary/aromatic N) is 4. The Bertz CT molecular complexity index is 606. The SMILES string of the molecule is COc1cnc(OC2CCCN(c3ccc(Br)cn3)C2)nc1. The van der Waals surface area contributed by atoms with E-state index in [1.165, 1.54) is 0 Å². The molecule has 0 aliphatic carbocycles. The molecule has 1 fully saturated rings. The molecule has 3 heterocycles. The highest BCUT2D eigenvalue weighted by molar-refractivity contribution is 9.10. The Hall–Kier alpha value is -1.89. The van der Waals surface area contributed by atoms with Gasteiger partial charge in [-0.05, 0) is 40.9 Å². The van der Waals surface area contributed by atoms with E-state index in [2.05, 4.69) is 35.8 Å². The molecule has 0 bridgehead atoms. The molecule has 1 aliphatic rings. The Morgan fingerprint density at radius 2 is 2.00 bits per heavy atom. The highest BCUT2D eigenvalue weighted by atomic mass is 79.9. The molecule has 1 aliphatic heterocycles. The zero-order valence-electron chi connectivity index (χ0n) is 12.3. The molecule has 2 aromatic heterocycles. The largest absolute Gasteiger partial charge is 0.494 e. The fraction of sp³-hybridized carbons (Fsp3) is 0.400. The number of rotatable bonds is 4. The molecule has 0 aromatic carbocycles. The standard InChI is InChI=1S/C15H17BrN4O2/c1-21-13-8-18-15(19-9-13)22-12-3-2-6-20(10-12)14-5-4-11(16)7-17-14/h4-5,7-9,12H,2-3,6,10H2,1H3. The van der Waals surface area contributed by atoms with Crippen LogP contribution in [0.4, 0.5) is 5.82 Å². The van der Waals surface area contributed by atoms with E-state index in [1.807, 2.05) is 18.3 Å². The van der Waals surface area contributed by atoms with E-state index in [4.69, 9.17) is 9.47 Å². The Kier molecular flexibility index (Phi) is 4.72. The maximum Gasteiger partial charge on any atom is 0.316 e.